The van der Waals surface area contributed by atoms with Crippen molar-refractivity contribution in [1.29, 1.82) is 0 Å². The number of methoxy groups -OCH3 is 1. The lowest BCUT2D eigenvalue weighted by atomic mass is 9.82. The fraction of sp³-hybridized carbons (Fsp3) is 0.478. The van der Waals surface area contributed by atoms with Crippen molar-refractivity contribution in [3.05, 3.63) is 57.8 Å². The van der Waals surface area contributed by atoms with Gasteiger partial charge in [-0.25, -0.2) is 4.39 Å². The van der Waals surface area contributed by atoms with E-state index in [1.807, 2.05) is 12.1 Å². The molecular weight excluding hydrogens is 457 g/mol. The van der Waals surface area contributed by atoms with Gasteiger partial charge in [-0.05, 0) is 77.0 Å². The Balaban J connectivity index is 0.00000420. The van der Waals surface area contributed by atoms with Crippen molar-refractivity contribution >= 4 is 28.3 Å². The Hall–Kier alpha value is -1.30. The van der Waals surface area contributed by atoms with Crippen LogP contribution in [0.15, 0.2) is 40.9 Å². The van der Waals surface area contributed by atoms with Gasteiger partial charge in [0.25, 0.3) is 0 Å². The summed E-state index contributed by atoms with van der Waals surface area (Å²) in [4.78, 5) is 0. The highest BCUT2D eigenvalue weighted by Gasteiger charge is 2.25. The van der Waals surface area contributed by atoms with Gasteiger partial charge in [0.15, 0.2) is 11.5 Å². The zero-order chi connectivity index (χ0) is 20.9. The topological polar surface area (TPSA) is 30.5 Å². The summed E-state index contributed by atoms with van der Waals surface area (Å²) in [5, 5.41) is 3.64. The van der Waals surface area contributed by atoms with Gasteiger partial charge in [-0.15, -0.1) is 12.4 Å². The Morgan fingerprint density at radius 2 is 1.62 bits per heavy atom. The average molecular weight is 489 g/mol. The van der Waals surface area contributed by atoms with E-state index in [0.717, 1.165) is 28.6 Å². The standard InChI is InChI=1S/C23H31BrFNO2.ClH/c1-22(2,3)15-23(4,5)26-13-17-11-19(24)21(20(12-17)27-6)28-14-16-7-9-18(25)10-8-16;/h7-12,26H,13-15H2,1-6H3;1H. The van der Waals surface area contributed by atoms with Crippen LogP contribution in [0.3, 0.4) is 0 Å². The number of nitrogens with one attached hydrogen (secondary N) is 1. The number of rotatable bonds is 8. The summed E-state index contributed by atoms with van der Waals surface area (Å²) in [6, 6.07) is 10.3. The smallest absolute Gasteiger partial charge is 0.175 e. The van der Waals surface area contributed by atoms with E-state index in [2.05, 4.69) is 55.9 Å². The van der Waals surface area contributed by atoms with E-state index in [9.17, 15) is 4.39 Å². The monoisotopic (exact) mass is 487 g/mol. The third kappa shape index (κ3) is 8.53. The minimum absolute atomic E-state index is 0. The largest absolute Gasteiger partial charge is 0.493 e. The molecule has 1 N–H and O–H groups in total. The van der Waals surface area contributed by atoms with Crippen molar-refractivity contribution in [2.75, 3.05) is 7.11 Å². The number of ether oxygens (including phenoxy) is 2. The molecule has 2 rings (SSSR count). The van der Waals surface area contributed by atoms with Crippen LogP contribution in [0.5, 0.6) is 11.5 Å². The molecule has 3 nitrogen and oxygen atoms in total. The van der Waals surface area contributed by atoms with Crippen molar-refractivity contribution in [1.82, 2.24) is 5.32 Å². The number of hydrogen-bond donors (Lipinski definition) is 1. The van der Waals surface area contributed by atoms with Crippen LogP contribution in [-0.2, 0) is 13.2 Å². The molecule has 0 saturated carbocycles. The summed E-state index contributed by atoms with van der Waals surface area (Å²) in [5.41, 5.74) is 2.28. The Kier molecular flexibility index (Phi) is 9.45. The van der Waals surface area contributed by atoms with Gasteiger partial charge in [0.1, 0.15) is 12.4 Å². The van der Waals surface area contributed by atoms with E-state index >= 15 is 0 Å². The zero-order valence-electron chi connectivity index (χ0n) is 18.1. The van der Waals surface area contributed by atoms with Crippen LogP contribution in [0.4, 0.5) is 4.39 Å². The molecule has 0 bridgehead atoms. The second-order valence-electron chi connectivity index (χ2n) is 9.00. The van der Waals surface area contributed by atoms with Crippen LogP contribution >= 0.6 is 28.3 Å². The normalized spacial score (nSPS) is 11.7. The second kappa shape index (κ2) is 10.6. The molecule has 0 aromatic heterocycles. The van der Waals surface area contributed by atoms with Gasteiger partial charge in [0.05, 0.1) is 11.6 Å². The molecule has 0 fully saturated rings. The molecule has 0 atom stereocenters. The van der Waals surface area contributed by atoms with E-state index in [1.165, 1.54) is 12.1 Å². The summed E-state index contributed by atoms with van der Waals surface area (Å²) in [6.07, 6.45) is 1.07. The first kappa shape index (κ1) is 25.7. The van der Waals surface area contributed by atoms with E-state index in [4.69, 9.17) is 9.47 Å². The zero-order valence-corrected chi connectivity index (χ0v) is 20.5. The van der Waals surface area contributed by atoms with E-state index in [1.54, 1.807) is 19.2 Å². The van der Waals surface area contributed by atoms with Gasteiger partial charge in [-0.3, -0.25) is 0 Å². The molecule has 0 radical (unpaired) electrons. The third-order valence-corrected chi connectivity index (χ3v) is 4.92. The first-order chi connectivity index (χ1) is 13.0. The molecule has 0 spiro atoms. The molecule has 0 unspecified atom stereocenters. The van der Waals surface area contributed by atoms with E-state index in [0.29, 0.717) is 18.1 Å². The summed E-state index contributed by atoms with van der Waals surface area (Å²) >= 11 is 3.60. The van der Waals surface area contributed by atoms with Crippen molar-refractivity contribution in [2.45, 2.75) is 59.7 Å². The van der Waals surface area contributed by atoms with Gasteiger partial charge >= 0.3 is 0 Å². The second-order valence-corrected chi connectivity index (χ2v) is 9.85. The van der Waals surface area contributed by atoms with Crippen LogP contribution in [-0.4, -0.2) is 12.6 Å². The van der Waals surface area contributed by atoms with Gasteiger partial charge in [0.2, 0.25) is 0 Å². The summed E-state index contributed by atoms with van der Waals surface area (Å²) in [5.74, 6) is 1.06. The first-order valence-corrected chi connectivity index (χ1v) is 10.3. The fourth-order valence-electron chi connectivity index (χ4n) is 3.48. The van der Waals surface area contributed by atoms with Crippen LogP contribution in [0.1, 0.15) is 52.2 Å². The Morgan fingerprint density at radius 3 is 2.17 bits per heavy atom. The lowest BCUT2D eigenvalue weighted by molar-refractivity contribution is 0.240. The number of benzene rings is 2. The molecular formula is C23H32BrClFNO2. The van der Waals surface area contributed by atoms with Gasteiger partial charge in [0, 0.05) is 12.1 Å². The lowest BCUT2D eigenvalue weighted by Gasteiger charge is -2.33. The molecule has 162 valence electrons. The minimum Gasteiger partial charge on any atom is -0.493 e. The molecule has 0 saturated heterocycles. The third-order valence-electron chi connectivity index (χ3n) is 4.33. The van der Waals surface area contributed by atoms with Crippen LogP contribution in [0.25, 0.3) is 0 Å². The van der Waals surface area contributed by atoms with Crippen molar-refractivity contribution in [2.24, 2.45) is 5.41 Å². The summed E-state index contributed by atoms with van der Waals surface area (Å²) in [7, 11) is 1.63. The maximum absolute atomic E-state index is 13.1. The highest BCUT2D eigenvalue weighted by atomic mass is 79.9. The molecule has 0 aliphatic heterocycles. The van der Waals surface area contributed by atoms with E-state index < -0.39 is 0 Å². The van der Waals surface area contributed by atoms with Crippen LogP contribution in [0.2, 0.25) is 0 Å². The molecule has 0 heterocycles. The SMILES string of the molecule is COc1cc(CNC(C)(C)CC(C)(C)C)cc(Br)c1OCc1ccc(F)cc1.Cl. The van der Waals surface area contributed by atoms with Crippen molar-refractivity contribution in [3.63, 3.8) is 0 Å². The van der Waals surface area contributed by atoms with E-state index in [-0.39, 0.29) is 29.2 Å². The minimum atomic E-state index is -0.256. The maximum atomic E-state index is 13.1. The van der Waals surface area contributed by atoms with Gasteiger partial charge in [-0.2, -0.15) is 0 Å². The Morgan fingerprint density at radius 1 is 1.00 bits per heavy atom. The molecule has 0 amide bonds. The highest BCUT2D eigenvalue weighted by molar-refractivity contribution is 9.10. The number of halogens is 3. The molecule has 0 aliphatic carbocycles. The van der Waals surface area contributed by atoms with Gasteiger partial charge in [-0.1, -0.05) is 32.9 Å². The van der Waals surface area contributed by atoms with Crippen LogP contribution in [0, 0.1) is 11.2 Å². The van der Waals surface area contributed by atoms with Crippen LogP contribution < -0.4 is 14.8 Å². The molecule has 0 aliphatic rings. The highest BCUT2D eigenvalue weighted by Crippen LogP contribution is 2.37. The quantitative estimate of drug-likeness (QED) is 0.438. The molecule has 6 heteroatoms. The lowest BCUT2D eigenvalue weighted by Crippen LogP contribution is -2.41. The predicted octanol–water partition coefficient (Wildman–Crippen LogP) is 6.90. The summed E-state index contributed by atoms with van der Waals surface area (Å²) in [6.45, 7) is 12.3. The maximum Gasteiger partial charge on any atom is 0.175 e. The fourth-order valence-corrected chi connectivity index (χ4v) is 4.09. The molecule has 2 aromatic carbocycles. The Labute approximate surface area is 188 Å². The van der Waals surface area contributed by atoms with Crippen molar-refractivity contribution in [3.8, 4) is 11.5 Å². The van der Waals surface area contributed by atoms with Gasteiger partial charge < -0.3 is 14.8 Å². The Bertz CT molecular complexity index is 789. The first-order valence-electron chi connectivity index (χ1n) is 9.48. The molecule has 29 heavy (non-hydrogen) atoms. The summed E-state index contributed by atoms with van der Waals surface area (Å²) < 4.78 is 25.4. The number of hydrogen-bond acceptors (Lipinski definition) is 3. The average Bonchev–Trinajstić information content (AvgIpc) is 2.58. The molecule has 2 aromatic rings. The van der Waals surface area contributed by atoms with Crippen molar-refractivity contribution < 1.29 is 13.9 Å². The predicted molar refractivity (Wildman–Crippen MR) is 124 cm³/mol.